The van der Waals surface area contributed by atoms with Crippen molar-refractivity contribution in [3.63, 3.8) is 0 Å². The van der Waals surface area contributed by atoms with Crippen LogP contribution >= 0.6 is 0 Å². The summed E-state index contributed by atoms with van der Waals surface area (Å²) in [4.78, 5) is 0. The van der Waals surface area contributed by atoms with Crippen LogP contribution in [0.25, 0.3) is 0 Å². The summed E-state index contributed by atoms with van der Waals surface area (Å²) in [5.41, 5.74) is 0. The van der Waals surface area contributed by atoms with E-state index in [1.165, 1.54) is 64.2 Å². The van der Waals surface area contributed by atoms with E-state index in [1.54, 1.807) is 0 Å². The van der Waals surface area contributed by atoms with Gasteiger partial charge in [0.15, 0.2) is 0 Å². The lowest BCUT2D eigenvalue weighted by Gasteiger charge is -2.29. The van der Waals surface area contributed by atoms with E-state index in [9.17, 15) is 0 Å². The molecule has 0 heterocycles. The molecule has 0 bridgehead atoms. The van der Waals surface area contributed by atoms with Gasteiger partial charge >= 0.3 is 7.25 Å². The van der Waals surface area contributed by atoms with E-state index in [2.05, 4.69) is 5.23 Å². The Balaban J connectivity index is 1.71. The molecule has 0 amide bonds. The van der Waals surface area contributed by atoms with Gasteiger partial charge in [0.05, 0.1) is 0 Å². The first-order chi connectivity index (χ1) is 8.38. The zero-order valence-corrected chi connectivity index (χ0v) is 11.1. The van der Waals surface area contributed by atoms with Gasteiger partial charge < -0.3 is 14.5 Å². The Hall–Kier alpha value is -0.0551. The van der Waals surface area contributed by atoms with Gasteiger partial charge in [-0.25, -0.2) is 0 Å². The summed E-state index contributed by atoms with van der Waals surface area (Å²) < 4.78 is 12.0. The Bertz CT molecular complexity index is 184. The minimum Gasteiger partial charge on any atom is -0.394 e. The molecule has 0 saturated heterocycles. The Morgan fingerprint density at radius 2 is 1.18 bits per heavy atom. The average Bonchev–Trinajstić information content (AvgIpc) is 2.40. The Labute approximate surface area is 106 Å². The second kappa shape index (κ2) is 7.40. The fourth-order valence-corrected chi connectivity index (χ4v) is 2.92. The topological polar surface area (TPSA) is 30.5 Å². The van der Waals surface area contributed by atoms with Crippen LogP contribution in [0.1, 0.15) is 64.2 Å². The summed E-state index contributed by atoms with van der Waals surface area (Å²) >= 11 is 0. The largest absolute Gasteiger partial charge is 0.554 e. The first kappa shape index (κ1) is 13.4. The fourth-order valence-electron chi connectivity index (χ4n) is 2.92. The van der Waals surface area contributed by atoms with E-state index < -0.39 is 0 Å². The maximum absolute atomic E-state index is 6.01. The SMILES string of the molecule is CNB(OC1CCCCC1)OC1CCCCC1. The van der Waals surface area contributed by atoms with Crippen molar-refractivity contribution in [2.24, 2.45) is 0 Å². The maximum Gasteiger partial charge on any atom is 0.554 e. The van der Waals surface area contributed by atoms with Crippen LogP contribution in [0.3, 0.4) is 0 Å². The molecule has 4 heteroatoms. The summed E-state index contributed by atoms with van der Waals surface area (Å²) in [5.74, 6) is 0. The van der Waals surface area contributed by atoms with Crippen molar-refractivity contribution in [3.8, 4) is 0 Å². The van der Waals surface area contributed by atoms with Crippen molar-refractivity contribution in [2.45, 2.75) is 76.4 Å². The smallest absolute Gasteiger partial charge is 0.394 e. The van der Waals surface area contributed by atoms with Crippen molar-refractivity contribution < 1.29 is 9.31 Å². The van der Waals surface area contributed by atoms with Gasteiger partial charge in [-0.2, -0.15) is 0 Å². The molecular weight excluding hydrogens is 213 g/mol. The predicted molar refractivity (Wildman–Crippen MR) is 70.7 cm³/mol. The van der Waals surface area contributed by atoms with Crippen LogP contribution in [-0.2, 0) is 9.31 Å². The average molecular weight is 239 g/mol. The lowest BCUT2D eigenvalue weighted by molar-refractivity contribution is 0.0614. The van der Waals surface area contributed by atoms with E-state index in [-0.39, 0.29) is 7.25 Å². The van der Waals surface area contributed by atoms with Gasteiger partial charge in [0.25, 0.3) is 0 Å². The van der Waals surface area contributed by atoms with Crippen LogP contribution in [0.15, 0.2) is 0 Å². The van der Waals surface area contributed by atoms with Crippen molar-refractivity contribution in [1.82, 2.24) is 5.23 Å². The Morgan fingerprint density at radius 3 is 1.53 bits per heavy atom. The molecule has 0 spiro atoms. The zero-order chi connectivity index (χ0) is 11.9. The molecule has 0 aromatic heterocycles. The second-order valence-electron chi connectivity index (χ2n) is 5.41. The molecule has 0 unspecified atom stereocenters. The van der Waals surface area contributed by atoms with Gasteiger partial charge in [0.2, 0.25) is 0 Å². The van der Waals surface area contributed by atoms with E-state index in [4.69, 9.17) is 9.31 Å². The molecule has 2 aliphatic carbocycles. The summed E-state index contributed by atoms with van der Waals surface area (Å²) in [7, 11) is 1.73. The van der Waals surface area contributed by atoms with Crippen molar-refractivity contribution in [3.05, 3.63) is 0 Å². The van der Waals surface area contributed by atoms with Crippen molar-refractivity contribution >= 4 is 7.25 Å². The molecule has 3 nitrogen and oxygen atoms in total. The van der Waals surface area contributed by atoms with Gasteiger partial charge in [-0.1, -0.05) is 38.5 Å². The van der Waals surface area contributed by atoms with E-state index in [0.29, 0.717) is 12.2 Å². The van der Waals surface area contributed by atoms with Gasteiger partial charge in [-0.15, -0.1) is 0 Å². The highest BCUT2D eigenvalue weighted by molar-refractivity contribution is 6.41. The lowest BCUT2D eigenvalue weighted by Crippen LogP contribution is -2.44. The molecule has 0 radical (unpaired) electrons. The minimum absolute atomic E-state index is 0.193. The van der Waals surface area contributed by atoms with E-state index >= 15 is 0 Å². The normalized spacial score (nSPS) is 23.8. The third kappa shape index (κ3) is 4.61. The molecule has 1 N–H and O–H groups in total. The summed E-state index contributed by atoms with van der Waals surface area (Å²) in [5, 5.41) is 3.15. The van der Waals surface area contributed by atoms with Crippen LogP contribution < -0.4 is 5.23 Å². The quantitative estimate of drug-likeness (QED) is 0.748. The highest BCUT2D eigenvalue weighted by atomic mass is 16.6. The van der Waals surface area contributed by atoms with Crippen LogP contribution in [0.2, 0.25) is 0 Å². The van der Waals surface area contributed by atoms with Crippen LogP contribution in [0.5, 0.6) is 0 Å². The third-order valence-corrected chi connectivity index (χ3v) is 3.97. The molecule has 0 aromatic rings. The molecule has 98 valence electrons. The van der Waals surface area contributed by atoms with E-state index in [1.807, 2.05) is 7.05 Å². The Kier molecular flexibility index (Phi) is 5.82. The van der Waals surface area contributed by atoms with Crippen molar-refractivity contribution in [2.75, 3.05) is 7.05 Å². The highest BCUT2D eigenvalue weighted by Gasteiger charge is 2.27. The standard InChI is InChI=1S/C13H26BNO2/c1-15-14(16-12-8-4-2-5-9-12)17-13-10-6-3-7-11-13/h12-13,15H,2-11H2,1H3. The van der Waals surface area contributed by atoms with E-state index in [0.717, 1.165) is 0 Å². The minimum atomic E-state index is -0.193. The summed E-state index contributed by atoms with van der Waals surface area (Å²) in [6.45, 7) is 0. The van der Waals surface area contributed by atoms with Crippen molar-refractivity contribution in [1.29, 1.82) is 0 Å². The molecule has 0 atom stereocenters. The molecule has 17 heavy (non-hydrogen) atoms. The summed E-state index contributed by atoms with van der Waals surface area (Å²) in [6, 6.07) is 0. The van der Waals surface area contributed by atoms with Gasteiger partial charge in [-0.05, 0) is 32.7 Å². The highest BCUT2D eigenvalue weighted by Crippen LogP contribution is 2.23. The molecule has 2 aliphatic rings. The third-order valence-electron chi connectivity index (χ3n) is 3.97. The molecule has 0 aliphatic heterocycles. The monoisotopic (exact) mass is 239 g/mol. The van der Waals surface area contributed by atoms with Crippen LogP contribution in [-0.4, -0.2) is 26.5 Å². The predicted octanol–water partition coefficient (Wildman–Crippen LogP) is 2.89. The number of hydrogen-bond donors (Lipinski definition) is 1. The number of rotatable bonds is 5. The lowest BCUT2D eigenvalue weighted by atomic mass is 9.94. The Morgan fingerprint density at radius 1 is 0.765 bits per heavy atom. The summed E-state index contributed by atoms with van der Waals surface area (Å²) in [6.07, 6.45) is 13.6. The molecular formula is C13H26BNO2. The van der Waals surface area contributed by atoms with Crippen LogP contribution in [0.4, 0.5) is 0 Å². The zero-order valence-electron chi connectivity index (χ0n) is 11.1. The molecule has 2 fully saturated rings. The second-order valence-corrected chi connectivity index (χ2v) is 5.41. The van der Waals surface area contributed by atoms with Crippen LogP contribution in [0, 0.1) is 0 Å². The molecule has 2 saturated carbocycles. The molecule has 0 aromatic carbocycles. The van der Waals surface area contributed by atoms with Gasteiger partial charge in [0, 0.05) is 12.2 Å². The van der Waals surface area contributed by atoms with Gasteiger partial charge in [0.1, 0.15) is 0 Å². The number of nitrogens with one attached hydrogen (secondary N) is 1. The first-order valence-corrected chi connectivity index (χ1v) is 7.36. The maximum atomic E-state index is 6.01. The fraction of sp³-hybridized carbons (Fsp3) is 1.00. The van der Waals surface area contributed by atoms with Gasteiger partial charge in [-0.3, -0.25) is 0 Å². The number of hydrogen-bond acceptors (Lipinski definition) is 3. The molecule has 2 rings (SSSR count). The first-order valence-electron chi connectivity index (χ1n) is 7.36.